The Balaban J connectivity index is 1.71. The molecule has 7 heteroatoms. The lowest BCUT2D eigenvalue weighted by atomic mass is 10.00. The third-order valence-corrected chi connectivity index (χ3v) is 3.90. The fraction of sp³-hybridized carbons (Fsp3) is 0.312. The van der Waals surface area contributed by atoms with Gasteiger partial charge in [-0.15, -0.1) is 0 Å². The molecule has 3 heterocycles. The average molecular weight is 319 g/mol. The van der Waals surface area contributed by atoms with Crippen molar-refractivity contribution in [3.63, 3.8) is 0 Å². The Bertz CT molecular complexity index is 712. The molecular weight excluding hydrogens is 304 g/mol. The summed E-state index contributed by atoms with van der Waals surface area (Å²) >= 11 is 0. The second-order valence-corrected chi connectivity index (χ2v) is 5.55. The van der Waals surface area contributed by atoms with E-state index >= 15 is 0 Å². The van der Waals surface area contributed by atoms with Crippen LogP contribution in [-0.2, 0) is 6.42 Å². The first-order valence-corrected chi connectivity index (χ1v) is 7.23. The second-order valence-electron chi connectivity index (χ2n) is 5.55. The van der Waals surface area contributed by atoms with Crippen molar-refractivity contribution in [2.75, 3.05) is 13.1 Å². The lowest BCUT2D eigenvalue weighted by molar-refractivity contribution is 0.0753. The molecule has 2 atom stereocenters. The van der Waals surface area contributed by atoms with E-state index in [1.165, 1.54) is 4.90 Å². The van der Waals surface area contributed by atoms with Gasteiger partial charge in [0.2, 0.25) is 0 Å². The van der Waals surface area contributed by atoms with Gasteiger partial charge in [-0.3, -0.25) is 9.78 Å². The van der Waals surface area contributed by atoms with Crippen LogP contribution in [0.1, 0.15) is 16.2 Å². The van der Waals surface area contributed by atoms with Crippen molar-refractivity contribution in [2.45, 2.75) is 12.5 Å². The largest absolute Gasteiger partial charge is 0.391 e. The van der Waals surface area contributed by atoms with Crippen molar-refractivity contribution in [1.29, 1.82) is 0 Å². The van der Waals surface area contributed by atoms with Gasteiger partial charge in [0.1, 0.15) is 5.82 Å². The molecule has 0 radical (unpaired) electrons. The molecule has 0 aliphatic carbocycles. The van der Waals surface area contributed by atoms with E-state index in [4.69, 9.17) is 0 Å². The number of carbonyl (C=O) groups is 1. The highest BCUT2D eigenvalue weighted by Crippen LogP contribution is 2.23. The molecule has 0 bridgehead atoms. The Labute approximate surface area is 131 Å². The van der Waals surface area contributed by atoms with Gasteiger partial charge in [-0.1, -0.05) is 6.07 Å². The molecule has 1 aliphatic heterocycles. The van der Waals surface area contributed by atoms with Crippen LogP contribution in [0.2, 0.25) is 0 Å². The number of carbonyl (C=O) groups excluding carboxylic acids is 1. The molecule has 1 amide bonds. The maximum atomic E-state index is 13.7. The monoisotopic (exact) mass is 319 g/mol. The van der Waals surface area contributed by atoms with Gasteiger partial charge in [0.25, 0.3) is 5.91 Å². The molecule has 120 valence electrons. The quantitative estimate of drug-likeness (QED) is 0.929. The van der Waals surface area contributed by atoms with Gasteiger partial charge in [0, 0.05) is 37.0 Å². The Morgan fingerprint density at radius 1 is 1.30 bits per heavy atom. The molecule has 1 fully saturated rings. The Kier molecular flexibility index (Phi) is 4.29. The van der Waals surface area contributed by atoms with Crippen LogP contribution in [0.5, 0.6) is 0 Å². The third-order valence-electron chi connectivity index (χ3n) is 3.90. The molecule has 3 rings (SSSR count). The summed E-state index contributed by atoms with van der Waals surface area (Å²) in [6.07, 6.45) is 2.26. The van der Waals surface area contributed by atoms with Crippen LogP contribution >= 0.6 is 0 Å². The Morgan fingerprint density at radius 2 is 2.13 bits per heavy atom. The standard InChI is InChI=1S/C16H15F2N3O2/c17-11-6-13(18)15(20-7-11)16(23)21-8-10(14(22)9-21)5-12-3-1-2-4-19-12/h1-4,6-7,10,14,22H,5,8-9H2/t10-,14-/m1/s1. The minimum absolute atomic E-state index is 0.0921. The zero-order chi connectivity index (χ0) is 16.4. The summed E-state index contributed by atoms with van der Waals surface area (Å²) in [5, 5.41) is 10.1. The van der Waals surface area contributed by atoms with Crippen molar-refractivity contribution in [1.82, 2.24) is 14.9 Å². The Hall–Kier alpha value is -2.41. The minimum atomic E-state index is -1.00. The number of aliphatic hydroxyl groups is 1. The van der Waals surface area contributed by atoms with Gasteiger partial charge in [0.15, 0.2) is 11.5 Å². The molecule has 0 saturated carbocycles. The maximum Gasteiger partial charge on any atom is 0.275 e. The molecule has 2 aromatic rings. The van der Waals surface area contributed by atoms with E-state index in [2.05, 4.69) is 9.97 Å². The number of pyridine rings is 2. The summed E-state index contributed by atoms with van der Waals surface area (Å²) in [6.45, 7) is 0.365. The Morgan fingerprint density at radius 3 is 2.83 bits per heavy atom. The number of hydrogen-bond acceptors (Lipinski definition) is 4. The second kappa shape index (κ2) is 6.37. The van der Waals surface area contributed by atoms with Crippen molar-refractivity contribution < 1.29 is 18.7 Å². The van der Waals surface area contributed by atoms with Gasteiger partial charge in [0.05, 0.1) is 12.3 Å². The number of aromatic nitrogens is 2. The van der Waals surface area contributed by atoms with E-state index in [1.807, 2.05) is 12.1 Å². The van der Waals surface area contributed by atoms with Crippen molar-refractivity contribution >= 4 is 5.91 Å². The SMILES string of the molecule is O=C(c1ncc(F)cc1F)N1C[C@@H](Cc2ccccn2)[C@H](O)C1. The lowest BCUT2D eigenvalue weighted by Gasteiger charge is -2.15. The number of rotatable bonds is 3. The molecule has 1 aliphatic rings. The highest BCUT2D eigenvalue weighted by Gasteiger charge is 2.35. The van der Waals surface area contributed by atoms with Crippen LogP contribution in [0.15, 0.2) is 36.7 Å². The van der Waals surface area contributed by atoms with Crippen LogP contribution in [0.25, 0.3) is 0 Å². The first-order chi connectivity index (χ1) is 11.0. The van der Waals surface area contributed by atoms with E-state index in [1.54, 1.807) is 12.3 Å². The number of nitrogens with zero attached hydrogens (tertiary/aromatic N) is 3. The van der Waals surface area contributed by atoms with Gasteiger partial charge in [-0.25, -0.2) is 13.8 Å². The van der Waals surface area contributed by atoms with Crippen LogP contribution in [0.3, 0.4) is 0 Å². The minimum Gasteiger partial charge on any atom is -0.391 e. The number of likely N-dealkylation sites (tertiary alicyclic amines) is 1. The summed E-state index contributed by atoms with van der Waals surface area (Å²) in [5.41, 5.74) is 0.383. The highest BCUT2D eigenvalue weighted by molar-refractivity contribution is 5.92. The fourth-order valence-corrected chi connectivity index (χ4v) is 2.73. The fourth-order valence-electron chi connectivity index (χ4n) is 2.73. The van der Waals surface area contributed by atoms with Gasteiger partial charge >= 0.3 is 0 Å². The van der Waals surface area contributed by atoms with Crippen molar-refractivity contribution in [3.8, 4) is 0 Å². The topological polar surface area (TPSA) is 66.3 Å². The predicted octanol–water partition coefficient (Wildman–Crippen LogP) is 1.43. The van der Waals surface area contributed by atoms with E-state index in [-0.39, 0.29) is 19.0 Å². The molecule has 2 aromatic heterocycles. The molecule has 0 unspecified atom stereocenters. The lowest BCUT2D eigenvalue weighted by Crippen LogP contribution is -2.31. The smallest absolute Gasteiger partial charge is 0.275 e. The molecular formula is C16H15F2N3O2. The van der Waals surface area contributed by atoms with E-state index < -0.39 is 29.3 Å². The van der Waals surface area contributed by atoms with Crippen LogP contribution in [-0.4, -0.2) is 45.1 Å². The normalized spacial score (nSPS) is 20.7. The van der Waals surface area contributed by atoms with Gasteiger partial charge in [-0.2, -0.15) is 0 Å². The van der Waals surface area contributed by atoms with Crippen molar-refractivity contribution in [3.05, 3.63) is 59.7 Å². The summed E-state index contributed by atoms with van der Waals surface area (Å²) < 4.78 is 26.6. The van der Waals surface area contributed by atoms with Gasteiger partial charge < -0.3 is 10.0 Å². The van der Waals surface area contributed by atoms with Crippen LogP contribution < -0.4 is 0 Å². The summed E-state index contributed by atoms with van der Waals surface area (Å²) in [4.78, 5) is 21.4. The number of amides is 1. The zero-order valence-corrected chi connectivity index (χ0v) is 12.2. The summed E-state index contributed by atoms with van der Waals surface area (Å²) in [5.74, 6) is -2.67. The average Bonchev–Trinajstić information content (AvgIpc) is 2.89. The first-order valence-electron chi connectivity index (χ1n) is 7.23. The number of aliphatic hydroxyl groups excluding tert-OH is 1. The van der Waals surface area contributed by atoms with Gasteiger partial charge in [-0.05, 0) is 18.6 Å². The molecule has 5 nitrogen and oxygen atoms in total. The molecule has 0 spiro atoms. The molecule has 0 aromatic carbocycles. The zero-order valence-electron chi connectivity index (χ0n) is 12.2. The van der Waals surface area contributed by atoms with E-state index in [0.29, 0.717) is 12.5 Å². The van der Waals surface area contributed by atoms with E-state index in [0.717, 1.165) is 11.9 Å². The maximum absolute atomic E-state index is 13.7. The van der Waals surface area contributed by atoms with Crippen molar-refractivity contribution in [2.24, 2.45) is 5.92 Å². The summed E-state index contributed by atoms with van der Waals surface area (Å²) in [6, 6.07) is 6.12. The molecule has 23 heavy (non-hydrogen) atoms. The highest BCUT2D eigenvalue weighted by atomic mass is 19.1. The number of β-amino-alcohol motifs (C(OH)–C–C–N with tert-alkyl or cyclic N) is 1. The number of hydrogen-bond donors (Lipinski definition) is 1. The summed E-state index contributed by atoms with van der Waals surface area (Å²) in [7, 11) is 0. The molecule has 1 N–H and O–H groups in total. The van der Waals surface area contributed by atoms with Crippen LogP contribution in [0.4, 0.5) is 8.78 Å². The number of halogens is 2. The van der Waals surface area contributed by atoms with Crippen LogP contribution in [0, 0.1) is 17.6 Å². The third kappa shape index (κ3) is 3.34. The van der Waals surface area contributed by atoms with E-state index in [9.17, 15) is 18.7 Å². The molecule has 1 saturated heterocycles. The predicted molar refractivity (Wildman–Crippen MR) is 77.5 cm³/mol. The first kappa shape index (κ1) is 15.5.